The molecule has 0 aliphatic heterocycles. The molecule has 0 amide bonds. The Bertz CT molecular complexity index is 706. The molecule has 2 aromatic heterocycles. The van der Waals surface area contributed by atoms with Crippen LogP contribution in [0, 0.1) is 0 Å². The molecule has 0 N–H and O–H groups in total. The molecule has 1 aromatic carbocycles. The van der Waals surface area contributed by atoms with Crippen LogP contribution in [0.1, 0.15) is 23.3 Å². The topological polar surface area (TPSA) is 25.8 Å². The molecule has 2 heterocycles. The highest BCUT2D eigenvalue weighted by atomic mass is 32.2. The van der Waals surface area contributed by atoms with Crippen molar-refractivity contribution in [1.29, 1.82) is 0 Å². The van der Waals surface area contributed by atoms with Gasteiger partial charge in [-0.05, 0) is 18.6 Å². The quantitative estimate of drug-likeness (QED) is 0.684. The summed E-state index contributed by atoms with van der Waals surface area (Å²) in [5, 5.41) is 4.59. The Morgan fingerprint density at radius 2 is 1.85 bits per heavy atom. The number of aromatic nitrogens is 2. The summed E-state index contributed by atoms with van der Waals surface area (Å²) in [7, 11) is 0. The van der Waals surface area contributed by atoms with Gasteiger partial charge in [0.05, 0.1) is 21.9 Å². The molecule has 0 aliphatic carbocycles. The van der Waals surface area contributed by atoms with Crippen LogP contribution < -0.4 is 0 Å². The second kappa shape index (κ2) is 6.37. The van der Waals surface area contributed by atoms with E-state index in [1.807, 2.05) is 23.9 Å². The number of hydrogen-bond acceptors (Lipinski definition) is 4. The minimum absolute atomic E-state index is 0.934. The van der Waals surface area contributed by atoms with Crippen molar-refractivity contribution in [3.63, 3.8) is 0 Å². The molecule has 0 unspecified atom stereocenters. The molecule has 0 fully saturated rings. The maximum Gasteiger partial charge on any atom is 0.0925 e. The van der Waals surface area contributed by atoms with Crippen molar-refractivity contribution < 1.29 is 0 Å². The molecule has 0 bridgehead atoms. The summed E-state index contributed by atoms with van der Waals surface area (Å²) in [4.78, 5) is 9.28. The van der Waals surface area contributed by atoms with Gasteiger partial charge in [-0.25, -0.2) is 4.98 Å². The lowest BCUT2D eigenvalue weighted by molar-refractivity contribution is 1.06. The predicted molar refractivity (Wildman–Crippen MR) is 88.2 cm³/mol. The average molecular weight is 300 g/mol. The molecule has 20 heavy (non-hydrogen) atoms. The predicted octanol–water partition coefficient (Wildman–Crippen LogP) is 4.69. The van der Waals surface area contributed by atoms with Crippen LogP contribution in [0.3, 0.4) is 0 Å². The van der Waals surface area contributed by atoms with Crippen LogP contribution in [-0.4, -0.2) is 9.97 Å². The van der Waals surface area contributed by atoms with Crippen LogP contribution >= 0.6 is 23.1 Å². The first kappa shape index (κ1) is 13.6. The van der Waals surface area contributed by atoms with Crippen LogP contribution in [-0.2, 0) is 17.9 Å². The molecule has 0 spiro atoms. The summed E-state index contributed by atoms with van der Waals surface area (Å²) >= 11 is 3.63. The molecule has 2 nitrogen and oxygen atoms in total. The fraction of sp³-hybridized carbons (Fsp3) is 0.250. The minimum atomic E-state index is 0.934. The summed E-state index contributed by atoms with van der Waals surface area (Å²) in [6, 6.07) is 12.5. The van der Waals surface area contributed by atoms with Gasteiger partial charge in [0.15, 0.2) is 0 Å². The van der Waals surface area contributed by atoms with Gasteiger partial charge < -0.3 is 0 Å². The van der Waals surface area contributed by atoms with Gasteiger partial charge in [-0.3, -0.25) is 4.98 Å². The summed E-state index contributed by atoms with van der Waals surface area (Å²) in [5.41, 5.74) is 3.41. The molecule has 0 saturated heterocycles. The van der Waals surface area contributed by atoms with E-state index in [0.29, 0.717) is 0 Å². The van der Waals surface area contributed by atoms with Gasteiger partial charge in [-0.15, -0.1) is 23.1 Å². The van der Waals surface area contributed by atoms with Crippen LogP contribution in [0.2, 0.25) is 0 Å². The second-order valence-corrected chi connectivity index (χ2v) is 6.50. The molecule has 0 saturated carbocycles. The molecule has 102 valence electrons. The largest absolute Gasteiger partial charge is 0.252 e. The smallest absolute Gasteiger partial charge is 0.0925 e. The third-order valence-electron chi connectivity index (χ3n) is 3.06. The maximum absolute atomic E-state index is 4.69. The number of nitrogens with zero attached hydrogens (tertiary/aromatic N) is 2. The monoisotopic (exact) mass is 300 g/mol. The number of hydrogen-bond donors (Lipinski definition) is 0. The highest BCUT2D eigenvalue weighted by molar-refractivity contribution is 7.97. The Balaban J connectivity index is 1.62. The van der Waals surface area contributed by atoms with E-state index in [0.717, 1.165) is 29.1 Å². The number of thioether (sulfide) groups is 1. The molecule has 0 atom stereocenters. The summed E-state index contributed by atoms with van der Waals surface area (Å²) in [5.74, 6) is 1.90. The van der Waals surface area contributed by atoms with Crippen molar-refractivity contribution in [3.8, 4) is 0 Å². The zero-order chi connectivity index (χ0) is 13.8. The molecule has 0 aliphatic rings. The third-order valence-corrected chi connectivity index (χ3v) is 5.10. The minimum Gasteiger partial charge on any atom is -0.252 e. The first-order chi connectivity index (χ1) is 9.85. The first-order valence-electron chi connectivity index (χ1n) is 6.71. The van der Waals surface area contributed by atoms with Gasteiger partial charge in [0, 0.05) is 22.3 Å². The van der Waals surface area contributed by atoms with Crippen molar-refractivity contribution in [2.75, 3.05) is 0 Å². The molecule has 0 radical (unpaired) electrons. The van der Waals surface area contributed by atoms with Crippen molar-refractivity contribution in [3.05, 3.63) is 58.2 Å². The van der Waals surface area contributed by atoms with Crippen LogP contribution in [0.25, 0.3) is 10.9 Å². The van der Waals surface area contributed by atoms with E-state index in [-0.39, 0.29) is 0 Å². The summed E-state index contributed by atoms with van der Waals surface area (Å²) in [6.45, 7) is 2.15. The Hall–Kier alpha value is -1.39. The van der Waals surface area contributed by atoms with Crippen molar-refractivity contribution in [1.82, 2.24) is 9.97 Å². The Kier molecular flexibility index (Phi) is 4.33. The molecule has 4 heteroatoms. The van der Waals surface area contributed by atoms with Crippen LogP contribution in [0.15, 0.2) is 41.8 Å². The van der Waals surface area contributed by atoms with Gasteiger partial charge in [0.25, 0.3) is 0 Å². The lowest BCUT2D eigenvalue weighted by atomic mass is 10.2. The number of pyridine rings is 1. The SMILES string of the molecule is CCc1nc(CSCc2ccc3ccccc3n2)cs1. The van der Waals surface area contributed by atoms with Gasteiger partial charge in [-0.1, -0.05) is 31.2 Å². The van der Waals surface area contributed by atoms with E-state index in [9.17, 15) is 0 Å². The highest BCUT2D eigenvalue weighted by Crippen LogP contribution is 2.20. The van der Waals surface area contributed by atoms with E-state index in [4.69, 9.17) is 0 Å². The second-order valence-electron chi connectivity index (χ2n) is 4.57. The Morgan fingerprint density at radius 1 is 1.00 bits per heavy atom. The lowest BCUT2D eigenvalue weighted by Gasteiger charge is -2.02. The number of aryl methyl sites for hydroxylation is 1. The zero-order valence-electron chi connectivity index (χ0n) is 11.4. The molecule has 3 aromatic rings. The van der Waals surface area contributed by atoms with Gasteiger partial charge in [0.1, 0.15) is 0 Å². The summed E-state index contributed by atoms with van der Waals surface area (Å²) < 4.78 is 0. The number of rotatable bonds is 5. The number of para-hydroxylation sites is 1. The van der Waals surface area contributed by atoms with E-state index < -0.39 is 0 Å². The van der Waals surface area contributed by atoms with Gasteiger partial charge in [-0.2, -0.15) is 0 Å². The van der Waals surface area contributed by atoms with E-state index in [1.165, 1.54) is 16.1 Å². The van der Waals surface area contributed by atoms with Crippen molar-refractivity contribution >= 4 is 34.0 Å². The van der Waals surface area contributed by atoms with Crippen molar-refractivity contribution in [2.45, 2.75) is 24.9 Å². The number of fused-ring (bicyclic) bond motifs is 1. The molecule has 3 rings (SSSR count). The standard InChI is InChI=1S/C16H16N2S2/c1-2-16-18-14(11-20-16)10-19-9-13-8-7-12-5-3-4-6-15(12)17-13/h3-8,11H,2,9-10H2,1H3. The Morgan fingerprint density at radius 3 is 2.70 bits per heavy atom. The Labute approximate surface area is 127 Å². The van der Waals surface area contributed by atoms with Crippen LogP contribution in [0.4, 0.5) is 0 Å². The molecular formula is C16H16N2S2. The highest BCUT2D eigenvalue weighted by Gasteiger charge is 2.02. The normalized spacial score (nSPS) is 11.1. The maximum atomic E-state index is 4.69. The van der Waals surface area contributed by atoms with E-state index in [1.54, 1.807) is 11.3 Å². The molecular weight excluding hydrogens is 284 g/mol. The summed E-state index contributed by atoms with van der Waals surface area (Å²) in [6.07, 6.45) is 1.03. The van der Waals surface area contributed by atoms with E-state index >= 15 is 0 Å². The first-order valence-corrected chi connectivity index (χ1v) is 8.74. The van der Waals surface area contributed by atoms with Crippen molar-refractivity contribution in [2.24, 2.45) is 0 Å². The number of thiazole rings is 1. The van der Waals surface area contributed by atoms with Crippen LogP contribution in [0.5, 0.6) is 0 Å². The third kappa shape index (κ3) is 3.19. The number of benzene rings is 1. The van der Waals surface area contributed by atoms with E-state index in [2.05, 4.69) is 46.5 Å². The lowest BCUT2D eigenvalue weighted by Crippen LogP contribution is -1.89. The average Bonchev–Trinajstić information content (AvgIpc) is 2.95. The fourth-order valence-electron chi connectivity index (χ4n) is 2.03. The van der Waals surface area contributed by atoms with Gasteiger partial charge >= 0.3 is 0 Å². The van der Waals surface area contributed by atoms with Gasteiger partial charge in [0.2, 0.25) is 0 Å². The fourth-order valence-corrected chi connectivity index (χ4v) is 3.71. The zero-order valence-corrected chi connectivity index (χ0v) is 13.0.